The summed E-state index contributed by atoms with van der Waals surface area (Å²) in [5.41, 5.74) is 2.45. The van der Waals surface area contributed by atoms with E-state index < -0.39 is 12.3 Å². The van der Waals surface area contributed by atoms with Crippen molar-refractivity contribution in [3.63, 3.8) is 0 Å². The molecule has 1 saturated heterocycles. The number of piperidine rings is 1. The Hall–Kier alpha value is -0.960. The predicted octanol–water partition coefficient (Wildman–Crippen LogP) is 3.47. The molecule has 1 aliphatic rings. The van der Waals surface area contributed by atoms with E-state index in [0.29, 0.717) is 13.0 Å². The third-order valence-corrected chi connectivity index (χ3v) is 3.43. The molecule has 3 heteroatoms. The van der Waals surface area contributed by atoms with Crippen LogP contribution >= 0.6 is 0 Å². The summed E-state index contributed by atoms with van der Waals surface area (Å²) in [5, 5.41) is 0. The molecular formula is C14H19F2N. The molecule has 1 heterocycles. The molecule has 1 aliphatic heterocycles. The third kappa shape index (κ3) is 3.50. The zero-order valence-corrected chi connectivity index (χ0v) is 10.2. The average Bonchev–Trinajstić information content (AvgIpc) is 2.32. The number of rotatable bonds is 3. The molecular weight excluding hydrogens is 220 g/mol. The van der Waals surface area contributed by atoms with Crippen LogP contribution in [0.5, 0.6) is 0 Å². The normalized spacial score (nSPS) is 22.0. The van der Waals surface area contributed by atoms with Gasteiger partial charge in [-0.05, 0) is 31.9 Å². The minimum atomic E-state index is -2.17. The Morgan fingerprint density at radius 3 is 2.65 bits per heavy atom. The van der Waals surface area contributed by atoms with Gasteiger partial charge in [-0.25, -0.2) is 8.78 Å². The lowest BCUT2D eigenvalue weighted by Crippen LogP contribution is -2.37. The first-order valence-corrected chi connectivity index (χ1v) is 6.21. The van der Waals surface area contributed by atoms with Gasteiger partial charge >= 0.3 is 0 Å². The van der Waals surface area contributed by atoms with Crippen LogP contribution in [0, 0.1) is 12.8 Å². The Labute approximate surface area is 101 Å². The number of halogens is 2. The zero-order valence-electron chi connectivity index (χ0n) is 10.2. The fourth-order valence-corrected chi connectivity index (χ4v) is 2.39. The van der Waals surface area contributed by atoms with Crippen molar-refractivity contribution in [1.29, 1.82) is 0 Å². The first-order chi connectivity index (χ1) is 8.15. The van der Waals surface area contributed by atoms with E-state index in [4.69, 9.17) is 0 Å². The third-order valence-electron chi connectivity index (χ3n) is 3.43. The molecule has 0 saturated carbocycles. The highest BCUT2D eigenvalue weighted by molar-refractivity contribution is 5.21. The van der Waals surface area contributed by atoms with E-state index in [1.165, 1.54) is 11.1 Å². The molecule has 0 aliphatic carbocycles. The maximum atomic E-state index is 12.7. The molecule has 0 radical (unpaired) electrons. The number of nitrogens with zero attached hydrogens (tertiary/aromatic N) is 1. The molecule has 0 amide bonds. The van der Waals surface area contributed by atoms with Crippen LogP contribution in [0.1, 0.15) is 24.0 Å². The lowest BCUT2D eigenvalue weighted by Gasteiger charge is -2.32. The summed E-state index contributed by atoms with van der Waals surface area (Å²) < 4.78 is 25.3. The maximum Gasteiger partial charge on any atom is 0.242 e. The molecule has 1 fully saturated rings. The van der Waals surface area contributed by atoms with Crippen molar-refractivity contribution in [1.82, 2.24) is 4.90 Å². The Morgan fingerprint density at radius 2 is 2.00 bits per heavy atom. The van der Waals surface area contributed by atoms with Gasteiger partial charge in [0, 0.05) is 19.0 Å². The number of benzene rings is 1. The largest absolute Gasteiger partial charge is 0.299 e. The van der Waals surface area contributed by atoms with Crippen LogP contribution in [0.2, 0.25) is 0 Å². The van der Waals surface area contributed by atoms with Gasteiger partial charge < -0.3 is 0 Å². The summed E-state index contributed by atoms with van der Waals surface area (Å²) in [4.78, 5) is 2.14. The van der Waals surface area contributed by atoms with Gasteiger partial charge in [-0.2, -0.15) is 0 Å². The van der Waals surface area contributed by atoms with Crippen LogP contribution in [-0.2, 0) is 6.54 Å². The van der Waals surface area contributed by atoms with E-state index in [1.54, 1.807) is 0 Å². The van der Waals surface area contributed by atoms with Crippen molar-refractivity contribution in [3.05, 3.63) is 35.4 Å². The first-order valence-electron chi connectivity index (χ1n) is 6.21. The van der Waals surface area contributed by atoms with Crippen LogP contribution in [-0.4, -0.2) is 24.4 Å². The average molecular weight is 239 g/mol. The maximum absolute atomic E-state index is 12.7. The Kier molecular flexibility index (Phi) is 4.11. The Bertz CT molecular complexity index is 348. The van der Waals surface area contributed by atoms with Gasteiger partial charge in [-0.1, -0.05) is 29.8 Å². The molecule has 1 atom stereocenters. The van der Waals surface area contributed by atoms with Gasteiger partial charge in [0.2, 0.25) is 6.43 Å². The lowest BCUT2D eigenvalue weighted by atomic mass is 9.98. The van der Waals surface area contributed by atoms with Crippen molar-refractivity contribution in [2.45, 2.75) is 32.7 Å². The molecule has 2 rings (SSSR count). The second kappa shape index (κ2) is 5.58. The van der Waals surface area contributed by atoms with Crippen molar-refractivity contribution < 1.29 is 8.78 Å². The highest BCUT2D eigenvalue weighted by Crippen LogP contribution is 2.23. The summed E-state index contributed by atoms with van der Waals surface area (Å²) in [6.07, 6.45) is -0.612. The fourth-order valence-electron chi connectivity index (χ4n) is 2.39. The molecule has 0 bridgehead atoms. The highest BCUT2D eigenvalue weighted by Gasteiger charge is 2.26. The Morgan fingerprint density at radius 1 is 1.29 bits per heavy atom. The van der Waals surface area contributed by atoms with Crippen molar-refractivity contribution in [2.75, 3.05) is 13.1 Å². The van der Waals surface area contributed by atoms with E-state index in [2.05, 4.69) is 36.1 Å². The monoisotopic (exact) mass is 239 g/mol. The molecule has 1 unspecified atom stereocenters. The summed E-state index contributed by atoms with van der Waals surface area (Å²) in [6.45, 7) is 4.32. The molecule has 1 aromatic rings. The minimum absolute atomic E-state index is 0.436. The number of hydrogen-bond acceptors (Lipinski definition) is 1. The van der Waals surface area contributed by atoms with E-state index in [-0.39, 0.29) is 0 Å². The lowest BCUT2D eigenvalue weighted by molar-refractivity contribution is 0.0253. The standard InChI is InChI=1S/C14H19F2N/c1-11-4-6-12(7-5-11)9-17-8-2-3-13(10-17)14(15)16/h4-7,13-14H,2-3,8-10H2,1H3. The molecule has 0 spiro atoms. The quantitative estimate of drug-likeness (QED) is 0.780. The van der Waals surface area contributed by atoms with Gasteiger partial charge in [0.1, 0.15) is 0 Å². The van der Waals surface area contributed by atoms with Crippen molar-refractivity contribution in [2.24, 2.45) is 5.92 Å². The molecule has 1 aromatic carbocycles. The van der Waals surface area contributed by atoms with Crippen LogP contribution < -0.4 is 0 Å². The summed E-state index contributed by atoms with van der Waals surface area (Å²) in [7, 11) is 0. The number of hydrogen-bond donors (Lipinski definition) is 0. The van der Waals surface area contributed by atoms with Gasteiger partial charge in [0.15, 0.2) is 0 Å². The van der Waals surface area contributed by atoms with Crippen LogP contribution in [0.3, 0.4) is 0 Å². The molecule has 0 aromatic heterocycles. The number of aryl methyl sites for hydroxylation is 1. The Balaban J connectivity index is 1.92. The van der Waals surface area contributed by atoms with Crippen LogP contribution in [0.15, 0.2) is 24.3 Å². The van der Waals surface area contributed by atoms with Crippen molar-refractivity contribution in [3.8, 4) is 0 Å². The smallest absolute Gasteiger partial charge is 0.242 e. The number of likely N-dealkylation sites (tertiary alicyclic amines) is 1. The summed E-state index contributed by atoms with van der Waals surface area (Å²) in [6, 6.07) is 8.32. The zero-order chi connectivity index (χ0) is 12.3. The molecule has 94 valence electrons. The van der Waals surface area contributed by atoms with Crippen molar-refractivity contribution >= 4 is 0 Å². The van der Waals surface area contributed by atoms with E-state index in [1.807, 2.05) is 0 Å². The van der Waals surface area contributed by atoms with Crippen LogP contribution in [0.4, 0.5) is 8.78 Å². The summed E-state index contributed by atoms with van der Waals surface area (Å²) in [5.74, 6) is -0.436. The van der Waals surface area contributed by atoms with E-state index in [9.17, 15) is 8.78 Å². The number of alkyl halides is 2. The van der Waals surface area contributed by atoms with E-state index in [0.717, 1.165) is 19.5 Å². The molecule has 17 heavy (non-hydrogen) atoms. The minimum Gasteiger partial charge on any atom is -0.299 e. The van der Waals surface area contributed by atoms with Gasteiger partial charge in [0.05, 0.1) is 0 Å². The van der Waals surface area contributed by atoms with Gasteiger partial charge in [0.25, 0.3) is 0 Å². The highest BCUT2D eigenvalue weighted by atomic mass is 19.3. The van der Waals surface area contributed by atoms with Gasteiger partial charge in [-0.15, -0.1) is 0 Å². The molecule has 1 nitrogen and oxygen atoms in total. The van der Waals surface area contributed by atoms with Crippen LogP contribution in [0.25, 0.3) is 0 Å². The second-order valence-corrected chi connectivity index (χ2v) is 4.96. The van der Waals surface area contributed by atoms with Gasteiger partial charge in [-0.3, -0.25) is 4.90 Å². The topological polar surface area (TPSA) is 3.24 Å². The van der Waals surface area contributed by atoms with E-state index >= 15 is 0 Å². The SMILES string of the molecule is Cc1ccc(CN2CCCC(C(F)F)C2)cc1. The first kappa shape index (κ1) is 12.5. The second-order valence-electron chi connectivity index (χ2n) is 4.96. The molecule has 0 N–H and O–H groups in total. The predicted molar refractivity (Wildman–Crippen MR) is 65.2 cm³/mol. The summed E-state index contributed by atoms with van der Waals surface area (Å²) >= 11 is 0. The fraction of sp³-hybridized carbons (Fsp3) is 0.571.